The first-order valence-electron chi connectivity index (χ1n) is 17.4. The molecule has 0 aromatic rings. The number of hydrogen-bond donors (Lipinski definition) is 5. The third-order valence-electron chi connectivity index (χ3n) is 13.6. The van der Waals surface area contributed by atoms with Gasteiger partial charge in [0.25, 0.3) is 0 Å². The number of fused-ring (bicyclic) bond motifs is 3. The molecule has 0 aromatic heterocycles. The summed E-state index contributed by atoms with van der Waals surface area (Å²) in [6.45, 7) is 6.01. The molecule has 0 amide bonds. The van der Waals surface area contributed by atoms with Crippen LogP contribution in [0.15, 0.2) is 16.6 Å². The first kappa shape index (κ1) is 30.9. The molecule has 0 unspecified atom stereocenters. The minimum absolute atomic E-state index is 0.0184. The maximum atomic E-state index is 11.2. The van der Waals surface area contributed by atoms with Gasteiger partial charge in [0, 0.05) is 25.4 Å². The number of nitrogens with two attached hydrogens (primary N) is 1. The number of nitrogens with one attached hydrogen (secondary N) is 1. The Labute approximate surface area is 254 Å². The van der Waals surface area contributed by atoms with E-state index in [1.165, 1.54) is 56.9 Å². The fraction of sp³-hybridized carbons (Fsp3) is 0.914. The molecule has 6 aliphatic rings. The summed E-state index contributed by atoms with van der Waals surface area (Å²) in [5, 5.41) is 34.9. The Bertz CT molecular complexity index is 1050. The molecular weight excluding hydrogens is 526 g/mol. The van der Waals surface area contributed by atoms with Gasteiger partial charge >= 0.3 is 0 Å². The second-order valence-electron chi connectivity index (χ2n) is 16.3. The van der Waals surface area contributed by atoms with Crippen molar-refractivity contribution in [2.24, 2.45) is 51.1 Å². The number of allylic oxidation sites excluding steroid dienone is 1. The van der Waals surface area contributed by atoms with E-state index in [1.54, 1.807) is 7.05 Å². The van der Waals surface area contributed by atoms with Gasteiger partial charge in [0.1, 0.15) is 0 Å². The van der Waals surface area contributed by atoms with Gasteiger partial charge in [0.15, 0.2) is 5.96 Å². The number of epoxide rings is 1. The molecule has 6 fully saturated rings. The van der Waals surface area contributed by atoms with Crippen molar-refractivity contribution in [3.05, 3.63) is 11.6 Å². The van der Waals surface area contributed by atoms with Crippen LogP contribution in [0.1, 0.15) is 117 Å². The van der Waals surface area contributed by atoms with Crippen molar-refractivity contribution in [3.63, 3.8) is 0 Å². The molecule has 1 spiro atoms. The maximum Gasteiger partial charge on any atom is 0.188 e. The van der Waals surface area contributed by atoms with Crippen LogP contribution in [0.25, 0.3) is 0 Å². The summed E-state index contributed by atoms with van der Waals surface area (Å²) >= 11 is 0. The highest BCUT2D eigenvalue weighted by atomic mass is 16.6. The molecule has 5 aliphatic carbocycles. The van der Waals surface area contributed by atoms with Gasteiger partial charge in [-0.25, -0.2) is 0 Å². The highest BCUT2D eigenvalue weighted by molar-refractivity contribution is 5.77. The van der Waals surface area contributed by atoms with Gasteiger partial charge in [-0.05, 0) is 138 Å². The summed E-state index contributed by atoms with van der Waals surface area (Å²) in [6.07, 6.45) is 19.2. The van der Waals surface area contributed by atoms with Crippen molar-refractivity contribution in [3.8, 4) is 0 Å². The third-order valence-corrected chi connectivity index (χ3v) is 13.6. The number of aliphatic hydroxyl groups is 3. The summed E-state index contributed by atoms with van der Waals surface area (Å²) in [5.74, 6) is 3.81. The zero-order valence-corrected chi connectivity index (χ0v) is 26.6. The van der Waals surface area contributed by atoms with Crippen LogP contribution in [0, 0.1) is 40.4 Å². The summed E-state index contributed by atoms with van der Waals surface area (Å²) in [4.78, 5) is 4.07. The molecule has 238 valence electrons. The lowest BCUT2D eigenvalue weighted by Crippen LogP contribution is -2.51. The maximum absolute atomic E-state index is 11.2. The van der Waals surface area contributed by atoms with Gasteiger partial charge < -0.3 is 31.1 Å². The van der Waals surface area contributed by atoms with E-state index in [1.807, 2.05) is 0 Å². The van der Waals surface area contributed by atoms with E-state index in [9.17, 15) is 15.3 Å². The van der Waals surface area contributed by atoms with E-state index in [0.29, 0.717) is 47.6 Å². The lowest BCUT2D eigenvalue weighted by atomic mass is 9.46. The highest BCUT2D eigenvalue weighted by Crippen LogP contribution is 2.69. The molecule has 0 aromatic carbocycles. The van der Waals surface area contributed by atoms with E-state index < -0.39 is 5.60 Å². The van der Waals surface area contributed by atoms with Crippen molar-refractivity contribution in [1.29, 1.82) is 0 Å². The number of hydrogen-bond acceptors (Lipinski definition) is 5. The average Bonchev–Trinajstić information content (AvgIpc) is 3.27. The molecule has 7 heteroatoms. The molecule has 1 aliphatic heterocycles. The van der Waals surface area contributed by atoms with E-state index in [2.05, 4.69) is 30.2 Å². The van der Waals surface area contributed by atoms with E-state index >= 15 is 0 Å². The van der Waals surface area contributed by atoms with Crippen LogP contribution >= 0.6 is 0 Å². The van der Waals surface area contributed by atoms with Crippen molar-refractivity contribution < 1.29 is 20.1 Å². The molecule has 5 saturated carbocycles. The molecule has 1 saturated heterocycles. The Kier molecular flexibility index (Phi) is 8.56. The topological polar surface area (TPSA) is 124 Å². The van der Waals surface area contributed by atoms with E-state index in [0.717, 1.165) is 57.4 Å². The Balaban J connectivity index is 1.14. The van der Waals surface area contributed by atoms with E-state index in [-0.39, 0.29) is 23.7 Å². The Hall–Kier alpha value is -1.15. The summed E-state index contributed by atoms with van der Waals surface area (Å²) in [7, 11) is 1.74. The first-order valence-corrected chi connectivity index (χ1v) is 17.4. The second-order valence-corrected chi connectivity index (χ2v) is 16.3. The van der Waals surface area contributed by atoms with Gasteiger partial charge in [-0.3, -0.25) is 4.99 Å². The third kappa shape index (κ3) is 5.81. The van der Waals surface area contributed by atoms with Crippen LogP contribution in [0.3, 0.4) is 0 Å². The Morgan fingerprint density at radius 2 is 1.90 bits per heavy atom. The summed E-state index contributed by atoms with van der Waals surface area (Å²) < 4.78 is 6.70. The number of nitrogens with zero attached hydrogens (tertiary/aromatic N) is 1. The average molecular weight is 586 g/mol. The molecule has 0 radical (unpaired) electrons. The Morgan fingerprint density at radius 3 is 2.67 bits per heavy atom. The van der Waals surface area contributed by atoms with Crippen molar-refractivity contribution in [1.82, 2.24) is 5.32 Å². The van der Waals surface area contributed by atoms with Crippen LogP contribution in [0.5, 0.6) is 0 Å². The second kappa shape index (κ2) is 11.7. The normalized spacial score (nSPS) is 50.0. The lowest BCUT2D eigenvalue weighted by Gasteiger charge is -2.58. The molecular formula is C35H59N3O4. The number of guanidine groups is 1. The van der Waals surface area contributed by atoms with Crippen LogP contribution in [-0.4, -0.2) is 64.9 Å². The molecule has 7 nitrogen and oxygen atoms in total. The fourth-order valence-corrected chi connectivity index (χ4v) is 11.2. The van der Waals surface area contributed by atoms with Gasteiger partial charge in [0.05, 0.1) is 30.0 Å². The number of rotatable bonds is 7. The van der Waals surface area contributed by atoms with Gasteiger partial charge in [0.2, 0.25) is 0 Å². The smallest absolute Gasteiger partial charge is 0.188 e. The number of ether oxygens (including phenoxy) is 1. The van der Waals surface area contributed by atoms with Crippen molar-refractivity contribution in [2.75, 3.05) is 20.2 Å². The monoisotopic (exact) mass is 585 g/mol. The fourth-order valence-electron chi connectivity index (χ4n) is 11.2. The first-order chi connectivity index (χ1) is 20.0. The minimum Gasteiger partial charge on any atom is -0.393 e. The SMILES string of the molecule is CN=C(N)NC[C@H]1CC[C@@H]([C@@]2(C)C[C@@H]3/C(=C\CO)C[C@@]4(CC[C@@H](CC[C@@]5(O)CCC[C@H](O)C5)C4)[C@@H]4O[C@]4(C)CC[C@H]32)C1. The van der Waals surface area contributed by atoms with E-state index in [4.69, 9.17) is 10.5 Å². The molecule has 0 bridgehead atoms. The standard InChI is InChI=1S/C35H59N3O4/c1-32(26-7-6-24(17-26)22-38-31(36)37-3)21-28-25(11-16-39)19-34(30-33(2,42-30)13-10-29(28)32)14-8-23(18-34)9-15-35(41)12-4-5-27(40)20-35/h11,23-24,26-30,39-41H,4-10,12-22H2,1-3H3,(H3,36,37,38)/b25-11-/t23-,24-,26+,27-,28+,29+,30+,32+,33+,34-,35-/m0/s1. The van der Waals surface area contributed by atoms with Crippen LogP contribution in [0.2, 0.25) is 0 Å². The molecule has 1 heterocycles. The zero-order chi connectivity index (χ0) is 29.8. The van der Waals surface area contributed by atoms with Crippen molar-refractivity contribution in [2.45, 2.75) is 140 Å². The van der Waals surface area contributed by atoms with Crippen LogP contribution < -0.4 is 11.1 Å². The van der Waals surface area contributed by atoms with Gasteiger partial charge in [-0.2, -0.15) is 0 Å². The molecule has 6 N–H and O–H groups in total. The summed E-state index contributed by atoms with van der Waals surface area (Å²) in [6, 6.07) is 0. The van der Waals surface area contributed by atoms with Gasteiger partial charge in [-0.1, -0.05) is 18.6 Å². The Morgan fingerprint density at radius 1 is 1.07 bits per heavy atom. The lowest BCUT2D eigenvalue weighted by molar-refractivity contribution is -0.0698. The van der Waals surface area contributed by atoms with Crippen LogP contribution in [0.4, 0.5) is 0 Å². The predicted molar refractivity (Wildman–Crippen MR) is 167 cm³/mol. The largest absolute Gasteiger partial charge is 0.393 e. The quantitative estimate of drug-likeness (QED) is 0.123. The minimum atomic E-state index is -0.687. The zero-order valence-electron chi connectivity index (χ0n) is 26.6. The summed E-state index contributed by atoms with van der Waals surface area (Å²) in [5.41, 5.74) is 7.23. The number of aliphatic hydroxyl groups excluding tert-OH is 2. The van der Waals surface area contributed by atoms with Crippen molar-refractivity contribution >= 4 is 5.96 Å². The molecule has 11 atom stereocenters. The molecule has 6 rings (SSSR count). The van der Waals surface area contributed by atoms with Gasteiger partial charge in [-0.15, -0.1) is 0 Å². The van der Waals surface area contributed by atoms with Crippen LogP contribution in [-0.2, 0) is 4.74 Å². The number of aliphatic imine (C=N–C) groups is 1. The predicted octanol–water partition coefficient (Wildman–Crippen LogP) is 5.07. The highest BCUT2D eigenvalue weighted by Gasteiger charge is 2.67. The molecule has 42 heavy (non-hydrogen) atoms.